The van der Waals surface area contributed by atoms with E-state index in [2.05, 4.69) is 12.5 Å². The van der Waals surface area contributed by atoms with E-state index in [0.29, 0.717) is 0 Å². The summed E-state index contributed by atoms with van der Waals surface area (Å²) in [5, 5.41) is 0. The Balaban J connectivity index is -0.0000000675. The van der Waals surface area contributed by atoms with Gasteiger partial charge in [0.25, 0.3) is 0 Å². The summed E-state index contributed by atoms with van der Waals surface area (Å²) in [5.41, 5.74) is 0. The minimum Gasteiger partial charge on any atom is -0.726 e. The zero-order valence-corrected chi connectivity index (χ0v) is 17.3. The minimum atomic E-state index is -4.42. The molecule has 0 aromatic heterocycles. The zero-order chi connectivity index (χ0) is 17.7. The molecule has 0 saturated carbocycles. The average Bonchev–Trinajstić information content (AvgIpc) is 2.12. The third-order valence-electron chi connectivity index (χ3n) is 0.796. The van der Waals surface area contributed by atoms with Gasteiger partial charge in [-0.3, -0.25) is 13.3 Å². The van der Waals surface area contributed by atoms with Gasteiger partial charge in [-0.2, -0.15) is 16.8 Å². The Kier molecular flexibility index (Phi) is 26.3. The minimum absolute atomic E-state index is 0. The van der Waals surface area contributed by atoms with Gasteiger partial charge in [-0.05, 0) is 20.8 Å². The van der Waals surface area contributed by atoms with Crippen molar-refractivity contribution >= 4 is 31.2 Å². The van der Waals surface area contributed by atoms with Gasteiger partial charge in [0.15, 0.2) is 0 Å². The summed E-state index contributed by atoms with van der Waals surface area (Å²) in [6.45, 7) is 4.21. The molecule has 0 aliphatic heterocycles. The molecule has 0 bridgehead atoms. The van der Waals surface area contributed by atoms with E-state index in [1.165, 1.54) is 20.8 Å². The van der Waals surface area contributed by atoms with E-state index in [4.69, 9.17) is 9.11 Å². The molecule has 0 radical (unpaired) electrons. The number of hydrogen-bond acceptors (Lipinski definition) is 10. The van der Waals surface area contributed by atoms with Crippen molar-refractivity contribution in [3.05, 3.63) is 0 Å². The summed E-state index contributed by atoms with van der Waals surface area (Å²) in [4.78, 5) is 0. The Bertz CT molecular complexity index is 455. The fraction of sp³-hybridized carbons (Fsp3) is 1.00. The summed E-state index contributed by atoms with van der Waals surface area (Å²) in [6, 6.07) is 0. The fourth-order valence-corrected chi connectivity index (χ4v) is 1.33. The van der Waals surface area contributed by atoms with Crippen LogP contribution in [-0.2, 0) is 43.7 Å². The molecule has 0 aliphatic rings. The van der Waals surface area contributed by atoms with Crippen LogP contribution in [0.4, 0.5) is 0 Å². The Morgan fingerprint density at radius 1 is 0.739 bits per heavy atom. The van der Waals surface area contributed by atoms with E-state index in [1.54, 1.807) is 0 Å². The molecule has 0 spiro atoms. The monoisotopic (exact) mass is 418 g/mol. The average molecular weight is 418 g/mol. The van der Waals surface area contributed by atoms with Crippen molar-refractivity contribution in [2.45, 2.75) is 20.8 Å². The molecule has 0 unspecified atom stereocenters. The molecule has 0 fully saturated rings. The van der Waals surface area contributed by atoms with Crippen LogP contribution in [-0.4, -0.2) is 64.2 Å². The third-order valence-corrected chi connectivity index (χ3v) is 2.39. The van der Waals surface area contributed by atoms with E-state index in [9.17, 15) is 29.8 Å². The third kappa shape index (κ3) is 60.4. The molecule has 13 nitrogen and oxygen atoms in total. The van der Waals surface area contributed by atoms with E-state index in [-0.39, 0.29) is 54.9 Å². The molecule has 0 aromatic rings. The first-order valence-electron chi connectivity index (χ1n) is 5.02. The molecule has 0 aliphatic carbocycles. The molecule has 23 heavy (non-hydrogen) atoms. The first-order valence-corrected chi connectivity index (χ1v) is 9.08. The van der Waals surface area contributed by atoms with Gasteiger partial charge < -0.3 is 10.0 Å². The van der Waals surface area contributed by atoms with Gasteiger partial charge in [-0.25, -0.2) is 16.8 Å². The zero-order valence-electron chi connectivity index (χ0n) is 12.8. The maximum atomic E-state index is 9.56. The van der Waals surface area contributed by atoms with Gasteiger partial charge in [-0.1, -0.05) is 0 Å². The molecule has 0 aromatic carbocycles. The topological polar surface area (TPSA) is 225 Å². The summed E-state index contributed by atoms with van der Waals surface area (Å²) >= 11 is 0. The van der Waals surface area contributed by atoms with Crippen molar-refractivity contribution in [2.24, 2.45) is 0 Å². The van der Waals surface area contributed by atoms with Gasteiger partial charge in [0.05, 0.1) is 19.8 Å². The normalized spacial score (nSPS) is 10.7. The van der Waals surface area contributed by atoms with Crippen molar-refractivity contribution in [2.75, 3.05) is 19.8 Å². The van der Waals surface area contributed by atoms with Gasteiger partial charge in [0.1, 0.15) is 0 Å². The molecule has 140 valence electrons. The Labute approximate surface area is 157 Å². The molecular formula is C6H19NaO13S3. The quantitative estimate of drug-likeness (QED) is 0.236. The van der Waals surface area contributed by atoms with Crippen LogP contribution in [0, 0.1) is 0 Å². The molecule has 0 saturated heterocycles. The van der Waals surface area contributed by atoms with Crippen LogP contribution in [0.3, 0.4) is 0 Å². The van der Waals surface area contributed by atoms with Crippen LogP contribution in [0.5, 0.6) is 0 Å². The molecule has 0 amide bonds. The van der Waals surface area contributed by atoms with Crippen LogP contribution in [0.15, 0.2) is 0 Å². The van der Waals surface area contributed by atoms with Gasteiger partial charge in [0, 0.05) is 0 Å². The second kappa shape index (κ2) is 17.4. The van der Waals surface area contributed by atoms with Crippen LogP contribution >= 0.6 is 0 Å². The molecule has 0 atom stereocenters. The predicted octanol–water partition coefficient (Wildman–Crippen LogP) is -4.69. The maximum absolute atomic E-state index is 9.56. The van der Waals surface area contributed by atoms with E-state index in [0.717, 1.165) is 0 Å². The molecular weight excluding hydrogens is 399 g/mol. The second-order valence-electron chi connectivity index (χ2n) is 2.48. The first kappa shape index (κ1) is 34.8. The standard InChI is InChI=1S/3C2H6O4S.Na.H2O/c3*1-2-6-7(3,4)5;;/h3*2H2,1H3,(H,3,4,5);;1H2/q;;;+1;/p-1. The maximum Gasteiger partial charge on any atom is 1.00 e. The summed E-state index contributed by atoms with van der Waals surface area (Å²) in [7, 11) is -12.8. The van der Waals surface area contributed by atoms with Crippen molar-refractivity contribution in [1.29, 1.82) is 0 Å². The van der Waals surface area contributed by atoms with Gasteiger partial charge in [-0.15, -0.1) is 0 Å². The largest absolute Gasteiger partial charge is 1.00 e. The van der Waals surface area contributed by atoms with Crippen LogP contribution < -0.4 is 29.6 Å². The molecule has 4 N–H and O–H groups in total. The Hall–Kier alpha value is 0.570. The van der Waals surface area contributed by atoms with Crippen LogP contribution in [0.2, 0.25) is 0 Å². The predicted molar refractivity (Wildman–Crippen MR) is 71.3 cm³/mol. The molecule has 17 heteroatoms. The summed E-state index contributed by atoms with van der Waals surface area (Å²) < 4.78 is 93.3. The first-order chi connectivity index (χ1) is 9.18. The number of hydrogen-bond donors (Lipinski definition) is 2. The Morgan fingerprint density at radius 2 is 0.957 bits per heavy atom. The van der Waals surface area contributed by atoms with Crippen molar-refractivity contribution in [1.82, 2.24) is 0 Å². The Morgan fingerprint density at radius 3 is 0.957 bits per heavy atom. The van der Waals surface area contributed by atoms with Crippen LogP contribution in [0.25, 0.3) is 0 Å². The summed E-state index contributed by atoms with van der Waals surface area (Å²) in [5.74, 6) is 0. The SMILES string of the molecule is CCOS(=O)(=O)O.CCOS(=O)(=O)O.CCOS(=O)(=O)[O-].O.[Na+]. The van der Waals surface area contributed by atoms with Gasteiger partial charge in [0.2, 0.25) is 10.4 Å². The molecule has 0 heterocycles. The van der Waals surface area contributed by atoms with E-state index in [1.807, 2.05) is 0 Å². The summed E-state index contributed by atoms with van der Waals surface area (Å²) in [6.07, 6.45) is 0. The molecule has 0 rings (SSSR count). The van der Waals surface area contributed by atoms with Gasteiger partial charge >= 0.3 is 50.4 Å². The smallest absolute Gasteiger partial charge is 0.726 e. The van der Waals surface area contributed by atoms with Crippen molar-refractivity contribution < 1.29 is 86.5 Å². The van der Waals surface area contributed by atoms with Crippen molar-refractivity contribution in [3.63, 3.8) is 0 Å². The second-order valence-corrected chi connectivity index (χ2v) is 5.72. The van der Waals surface area contributed by atoms with E-state index >= 15 is 0 Å². The fourth-order valence-electron chi connectivity index (χ4n) is 0.442. The van der Waals surface area contributed by atoms with Crippen molar-refractivity contribution in [3.8, 4) is 0 Å². The van der Waals surface area contributed by atoms with E-state index < -0.39 is 31.2 Å². The number of rotatable bonds is 6. The van der Waals surface area contributed by atoms with Crippen LogP contribution in [0.1, 0.15) is 20.8 Å².